The molecule has 0 radical (unpaired) electrons. The van der Waals surface area contributed by atoms with Gasteiger partial charge in [-0.15, -0.1) is 6.42 Å². The van der Waals surface area contributed by atoms with Crippen molar-refractivity contribution >= 4 is 5.91 Å². The van der Waals surface area contributed by atoms with Crippen LogP contribution in [0.25, 0.3) is 0 Å². The van der Waals surface area contributed by atoms with E-state index in [0.717, 1.165) is 13.0 Å². The van der Waals surface area contributed by atoms with Gasteiger partial charge in [-0.05, 0) is 19.3 Å². The largest absolute Gasteiger partial charge is 0.339 e. The molecule has 1 fully saturated rings. The molecule has 0 aliphatic heterocycles. The summed E-state index contributed by atoms with van der Waals surface area (Å²) in [7, 11) is 0. The van der Waals surface area contributed by atoms with Crippen LogP contribution in [0, 0.1) is 12.3 Å². The normalized spacial score (nSPS) is 14.9. The lowest BCUT2D eigenvalue weighted by Crippen LogP contribution is -2.40. The van der Waals surface area contributed by atoms with E-state index in [0.29, 0.717) is 19.1 Å². The highest BCUT2D eigenvalue weighted by molar-refractivity contribution is 5.78. The Hall–Kier alpha value is -1.01. The summed E-state index contributed by atoms with van der Waals surface area (Å²) in [4.78, 5) is 13.7. The van der Waals surface area contributed by atoms with E-state index < -0.39 is 0 Å². The smallest absolute Gasteiger partial charge is 0.236 e. The topological polar surface area (TPSA) is 32.3 Å². The van der Waals surface area contributed by atoms with Crippen molar-refractivity contribution in [2.45, 2.75) is 32.2 Å². The number of nitrogens with zero attached hydrogens (tertiary/aromatic N) is 1. The molecule has 0 spiro atoms. The van der Waals surface area contributed by atoms with Gasteiger partial charge in [-0.2, -0.15) is 0 Å². The third-order valence-electron chi connectivity index (χ3n) is 2.28. The Morgan fingerprint density at radius 1 is 1.64 bits per heavy atom. The van der Waals surface area contributed by atoms with Gasteiger partial charge in [0, 0.05) is 12.6 Å². The molecular weight excluding hydrogens is 176 g/mol. The molecule has 0 aromatic carbocycles. The quantitative estimate of drug-likeness (QED) is 0.496. The van der Waals surface area contributed by atoms with Gasteiger partial charge < -0.3 is 4.90 Å². The Morgan fingerprint density at radius 2 is 2.36 bits per heavy atom. The van der Waals surface area contributed by atoms with Gasteiger partial charge in [0.1, 0.15) is 0 Å². The highest BCUT2D eigenvalue weighted by Gasteiger charge is 2.31. The standard InChI is InChI=1S/C11H18N2O/c1-3-7-12-9-11(14)13(8-4-2)10-5-6-10/h1,10,12H,4-9H2,2H3. The fourth-order valence-electron chi connectivity index (χ4n) is 1.48. The minimum atomic E-state index is 0.185. The molecular formula is C11H18N2O. The van der Waals surface area contributed by atoms with Crippen LogP contribution in [0.4, 0.5) is 0 Å². The summed E-state index contributed by atoms with van der Waals surface area (Å²) in [5.74, 6) is 2.64. The van der Waals surface area contributed by atoms with Crippen LogP contribution < -0.4 is 5.32 Å². The second-order valence-corrected chi connectivity index (χ2v) is 3.63. The van der Waals surface area contributed by atoms with Crippen LogP contribution in [0.2, 0.25) is 0 Å². The van der Waals surface area contributed by atoms with Crippen molar-refractivity contribution in [1.82, 2.24) is 10.2 Å². The number of amides is 1. The maximum Gasteiger partial charge on any atom is 0.236 e. The fraction of sp³-hybridized carbons (Fsp3) is 0.727. The molecule has 78 valence electrons. The van der Waals surface area contributed by atoms with E-state index in [2.05, 4.69) is 18.2 Å². The summed E-state index contributed by atoms with van der Waals surface area (Å²) >= 11 is 0. The molecule has 0 heterocycles. The van der Waals surface area contributed by atoms with E-state index in [1.165, 1.54) is 12.8 Å². The summed E-state index contributed by atoms with van der Waals surface area (Å²) in [6.07, 6.45) is 8.44. The van der Waals surface area contributed by atoms with Crippen LogP contribution in [0.3, 0.4) is 0 Å². The molecule has 0 atom stereocenters. The summed E-state index contributed by atoms with van der Waals surface area (Å²) in [6, 6.07) is 0.509. The van der Waals surface area contributed by atoms with E-state index in [1.807, 2.05) is 4.90 Å². The number of hydrogen-bond donors (Lipinski definition) is 1. The molecule has 0 aromatic heterocycles. The summed E-state index contributed by atoms with van der Waals surface area (Å²) < 4.78 is 0. The van der Waals surface area contributed by atoms with Crippen molar-refractivity contribution in [3.63, 3.8) is 0 Å². The first-order chi connectivity index (χ1) is 6.79. The molecule has 1 amide bonds. The summed E-state index contributed by atoms with van der Waals surface area (Å²) in [5.41, 5.74) is 0. The third-order valence-corrected chi connectivity index (χ3v) is 2.28. The highest BCUT2D eigenvalue weighted by Crippen LogP contribution is 2.26. The summed E-state index contributed by atoms with van der Waals surface area (Å²) in [6.45, 7) is 3.82. The SMILES string of the molecule is C#CCNCC(=O)N(CCC)C1CC1. The van der Waals surface area contributed by atoms with Crippen LogP contribution in [0.1, 0.15) is 26.2 Å². The van der Waals surface area contributed by atoms with Gasteiger partial charge in [0.2, 0.25) is 5.91 Å². The Balaban J connectivity index is 2.27. The van der Waals surface area contributed by atoms with Crippen LogP contribution in [0.5, 0.6) is 0 Å². The number of terminal acetylenes is 1. The first kappa shape index (κ1) is 11.1. The van der Waals surface area contributed by atoms with E-state index in [-0.39, 0.29) is 5.91 Å². The van der Waals surface area contributed by atoms with Gasteiger partial charge in [0.25, 0.3) is 0 Å². The molecule has 0 bridgehead atoms. The lowest BCUT2D eigenvalue weighted by atomic mass is 10.3. The number of nitrogens with one attached hydrogen (secondary N) is 1. The minimum absolute atomic E-state index is 0.185. The Labute approximate surface area is 85.9 Å². The Kier molecular flexibility index (Phi) is 4.48. The second-order valence-electron chi connectivity index (χ2n) is 3.63. The molecule has 14 heavy (non-hydrogen) atoms. The second kappa shape index (κ2) is 5.66. The van der Waals surface area contributed by atoms with Gasteiger partial charge in [0.05, 0.1) is 13.1 Å². The number of carbonyl (C=O) groups excluding carboxylic acids is 1. The Bertz CT molecular complexity index is 228. The lowest BCUT2D eigenvalue weighted by molar-refractivity contribution is -0.130. The van der Waals surface area contributed by atoms with Crippen molar-refractivity contribution in [3.05, 3.63) is 0 Å². The number of rotatable bonds is 6. The zero-order valence-electron chi connectivity index (χ0n) is 8.75. The predicted molar refractivity (Wildman–Crippen MR) is 56.7 cm³/mol. The van der Waals surface area contributed by atoms with Crippen molar-refractivity contribution in [3.8, 4) is 12.3 Å². The first-order valence-electron chi connectivity index (χ1n) is 5.23. The fourth-order valence-corrected chi connectivity index (χ4v) is 1.48. The van der Waals surface area contributed by atoms with Gasteiger partial charge in [0.15, 0.2) is 0 Å². The van der Waals surface area contributed by atoms with Crippen molar-refractivity contribution in [1.29, 1.82) is 0 Å². The maximum absolute atomic E-state index is 11.7. The van der Waals surface area contributed by atoms with Gasteiger partial charge >= 0.3 is 0 Å². The van der Waals surface area contributed by atoms with Crippen molar-refractivity contribution in [2.24, 2.45) is 0 Å². The molecule has 1 N–H and O–H groups in total. The molecule has 1 saturated carbocycles. The van der Waals surface area contributed by atoms with Crippen molar-refractivity contribution < 1.29 is 4.79 Å². The molecule has 3 nitrogen and oxygen atoms in total. The number of hydrogen-bond acceptors (Lipinski definition) is 2. The molecule has 3 heteroatoms. The average molecular weight is 194 g/mol. The van der Waals surface area contributed by atoms with Crippen LogP contribution in [0.15, 0.2) is 0 Å². The average Bonchev–Trinajstić information content (AvgIpc) is 2.98. The molecule has 1 aliphatic carbocycles. The third kappa shape index (κ3) is 3.39. The van der Waals surface area contributed by atoms with Crippen LogP contribution in [-0.2, 0) is 4.79 Å². The van der Waals surface area contributed by atoms with Crippen LogP contribution >= 0.6 is 0 Å². The van der Waals surface area contributed by atoms with Gasteiger partial charge in [-0.1, -0.05) is 12.8 Å². The maximum atomic E-state index is 11.7. The van der Waals surface area contributed by atoms with E-state index in [4.69, 9.17) is 6.42 Å². The van der Waals surface area contributed by atoms with Gasteiger partial charge in [-0.3, -0.25) is 10.1 Å². The van der Waals surface area contributed by atoms with E-state index in [1.54, 1.807) is 0 Å². The van der Waals surface area contributed by atoms with E-state index in [9.17, 15) is 4.79 Å². The monoisotopic (exact) mass is 194 g/mol. The lowest BCUT2D eigenvalue weighted by Gasteiger charge is -2.21. The molecule has 0 saturated heterocycles. The molecule has 1 aliphatic rings. The van der Waals surface area contributed by atoms with Crippen molar-refractivity contribution in [2.75, 3.05) is 19.6 Å². The van der Waals surface area contributed by atoms with Crippen LogP contribution in [-0.4, -0.2) is 36.5 Å². The highest BCUT2D eigenvalue weighted by atomic mass is 16.2. The summed E-state index contributed by atoms with van der Waals surface area (Å²) in [5, 5.41) is 2.93. The van der Waals surface area contributed by atoms with E-state index >= 15 is 0 Å². The molecule has 0 aromatic rings. The zero-order valence-corrected chi connectivity index (χ0v) is 8.75. The number of carbonyl (C=O) groups is 1. The predicted octanol–water partition coefficient (Wildman–Crippen LogP) is 0.610. The molecule has 0 unspecified atom stereocenters. The zero-order chi connectivity index (χ0) is 10.4. The minimum Gasteiger partial charge on any atom is -0.339 e. The van der Waals surface area contributed by atoms with Gasteiger partial charge in [-0.25, -0.2) is 0 Å². The first-order valence-corrected chi connectivity index (χ1v) is 5.23. The molecule has 1 rings (SSSR count). The Morgan fingerprint density at radius 3 is 2.86 bits per heavy atom.